The molecule has 4 heteroatoms. The quantitative estimate of drug-likeness (QED) is 0.194. The number of aliphatic hydroxyl groups excluding tert-OH is 1. The number of hydrogen-bond acceptors (Lipinski definition) is 4. The third kappa shape index (κ3) is 6.00. The Kier molecular flexibility index (Phi) is 9.92. The molecule has 0 aromatic carbocycles. The molecule has 0 amide bonds. The zero-order chi connectivity index (χ0) is 28.4. The lowest BCUT2D eigenvalue weighted by Crippen LogP contribution is -2.53. The monoisotopic (exact) mass is 540 g/mol. The van der Waals surface area contributed by atoms with E-state index in [4.69, 9.17) is 0 Å². The van der Waals surface area contributed by atoms with Crippen LogP contribution in [0.15, 0.2) is 24.3 Å². The van der Waals surface area contributed by atoms with Crippen LogP contribution >= 0.6 is 0 Å². The lowest BCUT2D eigenvalue weighted by molar-refractivity contribution is -0.115. The molecule has 10 atom stereocenters. The van der Waals surface area contributed by atoms with Crippen molar-refractivity contribution in [1.29, 1.82) is 0 Å². The summed E-state index contributed by atoms with van der Waals surface area (Å²) in [5, 5.41) is 13.9. The summed E-state index contributed by atoms with van der Waals surface area (Å²) in [7, 11) is 4.17. The Morgan fingerprint density at radius 1 is 1.15 bits per heavy atom. The first-order valence-corrected chi connectivity index (χ1v) is 16.3. The molecule has 2 N–H and O–H groups in total. The summed E-state index contributed by atoms with van der Waals surface area (Å²) < 4.78 is 0. The lowest BCUT2D eigenvalue weighted by atomic mass is 9.47. The molecule has 4 rings (SSSR count). The molecule has 0 radical (unpaired) electrons. The second kappa shape index (κ2) is 12.5. The Hall–Kier alpha value is -0.970. The largest absolute Gasteiger partial charge is 0.393 e. The minimum Gasteiger partial charge on any atom is -0.393 e. The van der Waals surface area contributed by atoms with Gasteiger partial charge in [-0.15, -0.1) is 6.58 Å². The van der Waals surface area contributed by atoms with E-state index in [-0.39, 0.29) is 6.10 Å². The topological polar surface area (TPSA) is 52.6 Å². The third-order valence-electron chi connectivity index (χ3n) is 12.8. The second-order valence-corrected chi connectivity index (χ2v) is 15.1. The number of fused-ring (bicyclic) bond motifs is 5. The van der Waals surface area contributed by atoms with Gasteiger partial charge in [0.1, 0.15) is 6.29 Å². The Morgan fingerprint density at radius 2 is 1.92 bits per heavy atom. The standard InChI is InChI=1S/C35H60N2O2/c1-8-21-36-35(24-38,20-22-37(6)7)26(3)11-9-10-25(2)30-14-15-31-29-13-12-27-23-28(39)16-18-33(27,4)32(29)17-19-34(30,31)5/h8,12,24-26,28-32,36,39H,1,9-11,13-23H2,2-7H3/t25?,26?,28-,29-,30+,31-,32-,33-,34+,35?/m0/s1. The molecule has 3 fully saturated rings. The summed E-state index contributed by atoms with van der Waals surface area (Å²) in [4.78, 5) is 14.6. The number of allylic oxidation sites excluding steroid dienone is 1. The lowest BCUT2D eigenvalue weighted by Gasteiger charge is -2.58. The number of carbonyl (C=O) groups is 1. The van der Waals surface area contributed by atoms with E-state index in [1.807, 2.05) is 6.08 Å². The molecule has 4 nitrogen and oxygen atoms in total. The molecule has 0 saturated heterocycles. The Balaban J connectivity index is 1.37. The van der Waals surface area contributed by atoms with Crippen LogP contribution in [0, 0.1) is 46.3 Å². The Labute approximate surface area is 240 Å². The maximum Gasteiger partial charge on any atom is 0.140 e. The molecular formula is C35H60N2O2. The van der Waals surface area contributed by atoms with E-state index >= 15 is 0 Å². The molecule has 0 bridgehead atoms. The molecule has 4 aliphatic carbocycles. The van der Waals surface area contributed by atoms with Crippen molar-refractivity contribution in [2.75, 3.05) is 27.2 Å². The van der Waals surface area contributed by atoms with Gasteiger partial charge < -0.3 is 20.1 Å². The summed E-state index contributed by atoms with van der Waals surface area (Å²) in [6, 6.07) is 0. The van der Waals surface area contributed by atoms with Crippen molar-refractivity contribution in [3.05, 3.63) is 24.3 Å². The second-order valence-electron chi connectivity index (χ2n) is 15.1. The van der Waals surface area contributed by atoms with E-state index in [9.17, 15) is 9.90 Å². The van der Waals surface area contributed by atoms with Crippen molar-refractivity contribution < 1.29 is 9.90 Å². The number of nitrogens with zero attached hydrogens (tertiary/aromatic N) is 1. The predicted molar refractivity (Wildman–Crippen MR) is 164 cm³/mol. The van der Waals surface area contributed by atoms with Gasteiger partial charge in [0, 0.05) is 6.54 Å². The maximum absolute atomic E-state index is 12.4. The molecular weight excluding hydrogens is 480 g/mol. The van der Waals surface area contributed by atoms with Gasteiger partial charge in [-0.2, -0.15) is 0 Å². The van der Waals surface area contributed by atoms with Crippen molar-refractivity contribution in [3.8, 4) is 0 Å². The van der Waals surface area contributed by atoms with E-state index in [0.717, 1.165) is 61.8 Å². The minimum absolute atomic E-state index is 0.114. The van der Waals surface area contributed by atoms with Crippen molar-refractivity contribution >= 4 is 6.29 Å². The van der Waals surface area contributed by atoms with Gasteiger partial charge in [-0.05, 0) is 131 Å². The van der Waals surface area contributed by atoms with E-state index in [2.05, 4.69) is 64.7 Å². The molecule has 0 spiro atoms. The van der Waals surface area contributed by atoms with Gasteiger partial charge in [0.15, 0.2) is 0 Å². The summed E-state index contributed by atoms with van der Waals surface area (Å²) in [5.41, 5.74) is 1.93. The SMILES string of the molecule is C=CCNC(C=O)(CCN(C)C)C(C)CCCC(C)[C@H]1CC[C@H]2[C@@H]3CC=C4C[C@@H](O)CC[C@]4(C)[C@H]3CC[C@]12C. The molecule has 3 saturated carbocycles. The number of rotatable bonds is 13. The average molecular weight is 541 g/mol. The smallest absolute Gasteiger partial charge is 0.140 e. The highest BCUT2D eigenvalue weighted by Crippen LogP contribution is 2.67. The first-order valence-electron chi connectivity index (χ1n) is 16.3. The molecule has 4 aliphatic rings. The summed E-state index contributed by atoms with van der Waals surface area (Å²) in [6.45, 7) is 15.5. The van der Waals surface area contributed by atoms with Crippen LogP contribution in [-0.2, 0) is 4.79 Å². The van der Waals surface area contributed by atoms with E-state index in [1.54, 1.807) is 5.57 Å². The number of carbonyl (C=O) groups excluding carboxylic acids is 1. The number of aliphatic hydroxyl groups is 1. The van der Waals surface area contributed by atoms with Crippen LogP contribution in [0.2, 0.25) is 0 Å². The van der Waals surface area contributed by atoms with Crippen LogP contribution in [0.1, 0.15) is 105 Å². The average Bonchev–Trinajstić information content (AvgIpc) is 3.26. The van der Waals surface area contributed by atoms with Crippen LogP contribution in [0.3, 0.4) is 0 Å². The van der Waals surface area contributed by atoms with E-state index < -0.39 is 5.54 Å². The van der Waals surface area contributed by atoms with Crippen LogP contribution in [0.4, 0.5) is 0 Å². The number of aldehydes is 1. The van der Waals surface area contributed by atoms with Crippen LogP contribution < -0.4 is 5.32 Å². The molecule has 0 aliphatic heterocycles. The fourth-order valence-corrected chi connectivity index (χ4v) is 10.2. The fraction of sp³-hybridized carbons (Fsp3) is 0.857. The number of nitrogens with one attached hydrogen (secondary N) is 1. The normalized spacial score (nSPS) is 39.1. The first-order chi connectivity index (χ1) is 18.5. The zero-order valence-corrected chi connectivity index (χ0v) is 26.2. The molecule has 0 aromatic heterocycles. The van der Waals surface area contributed by atoms with Gasteiger partial charge in [0.05, 0.1) is 11.6 Å². The number of hydrogen-bond donors (Lipinski definition) is 2. The van der Waals surface area contributed by atoms with Gasteiger partial charge in [-0.1, -0.05) is 58.3 Å². The van der Waals surface area contributed by atoms with Crippen molar-refractivity contribution in [2.24, 2.45) is 46.3 Å². The van der Waals surface area contributed by atoms with Crippen molar-refractivity contribution in [1.82, 2.24) is 10.2 Å². The van der Waals surface area contributed by atoms with Crippen LogP contribution in [0.5, 0.6) is 0 Å². The molecule has 0 heterocycles. The highest BCUT2D eigenvalue weighted by molar-refractivity contribution is 5.65. The van der Waals surface area contributed by atoms with Gasteiger partial charge in [0.2, 0.25) is 0 Å². The zero-order valence-electron chi connectivity index (χ0n) is 26.2. The minimum atomic E-state index is -0.469. The van der Waals surface area contributed by atoms with Gasteiger partial charge in [-0.25, -0.2) is 0 Å². The Morgan fingerprint density at radius 3 is 2.62 bits per heavy atom. The molecule has 3 unspecified atom stereocenters. The highest BCUT2D eigenvalue weighted by atomic mass is 16.3. The summed E-state index contributed by atoms with van der Waals surface area (Å²) in [6.07, 6.45) is 19.8. The predicted octanol–water partition coefficient (Wildman–Crippen LogP) is 7.03. The highest BCUT2D eigenvalue weighted by Gasteiger charge is 2.59. The molecule has 222 valence electrons. The van der Waals surface area contributed by atoms with E-state index in [0.29, 0.717) is 23.3 Å². The van der Waals surface area contributed by atoms with Gasteiger partial charge in [0.25, 0.3) is 0 Å². The summed E-state index contributed by atoms with van der Waals surface area (Å²) in [5.74, 6) is 4.40. The van der Waals surface area contributed by atoms with Crippen molar-refractivity contribution in [2.45, 2.75) is 116 Å². The van der Waals surface area contributed by atoms with Crippen LogP contribution in [0.25, 0.3) is 0 Å². The Bertz CT molecular complexity index is 884. The third-order valence-corrected chi connectivity index (χ3v) is 12.8. The van der Waals surface area contributed by atoms with Crippen LogP contribution in [-0.4, -0.2) is 55.1 Å². The molecule has 0 aromatic rings. The summed E-state index contributed by atoms with van der Waals surface area (Å²) >= 11 is 0. The fourth-order valence-electron chi connectivity index (χ4n) is 10.2. The van der Waals surface area contributed by atoms with Crippen molar-refractivity contribution in [3.63, 3.8) is 0 Å². The molecule has 39 heavy (non-hydrogen) atoms. The van der Waals surface area contributed by atoms with E-state index in [1.165, 1.54) is 57.7 Å². The maximum atomic E-state index is 12.4. The van der Waals surface area contributed by atoms with Gasteiger partial charge >= 0.3 is 0 Å². The first kappa shape index (κ1) is 31.0. The van der Waals surface area contributed by atoms with Gasteiger partial charge in [-0.3, -0.25) is 0 Å².